The third-order valence-corrected chi connectivity index (χ3v) is 2.85. The van der Waals surface area contributed by atoms with Crippen molar-refractivity contribution < 1.29 is 10.2 Å². The van der Waals surface area contributed by atoms with Crippen LogP contribution < -0.4 is 5.32 Å². The minimum absolute atomic E-state index is 0.00623. The van der Waals surface area contributed by atoms with Crippen molar-refractivity contribution in [3.63, 3.8) is 0 Å². The molecule has 0 radical (unpaired) electrons. The molecule has 2 rings (SSSR count). The van der Waals surface area contributed by atoms with Crippen LogP contribution in [0.25, 0.3) is 0 Å². The van der Waals surface area contributed by atoms with Crippen molar-refractivity contribution in [1.82, 2.24) is 15.3 Å². The van der Waals surface area contributed by atoms with Crippen molar-refractivity contribution >= 4 is 0 Å². The molecular formula is C14H17N3O2. The van der Waals surface area contributed by atoms with E-state index in [1.165, 1.54) is 6.07 Å². The summed E-state index contributed by atoms with van der Waals surface area (Å²) in [5.74, 6) is 0.852. The molecule has 0 aliphatic rings. The van der Waals surface area contributed by atoms with Gasteiger partial charge < -0.3 is 15.5 Å². The lowest BCUT2D eigenvalue weighted by Crippen LogP contribution is -2.19. The molecule has 1 atom stereocenters. The Morgan fingerprint density at radius 3 is 2.53 bits per heavy atom. The average Bonchev–Trinajstić information content (AvgIpc) is 2.35. The predicted molar refractivity (Wildman–Crippen MR) is 71.8 cm³/mol. The van der Waals surface area contributed by atoms with Crippen LogP contribution in [0.15, 0.2) is 30.5 Å². The van der Waals surface area contributed by atoms with Gasteiger partial charge in [0, 0.05) is 24.8 Å². The van der Waals surface area contributed by atoms with Crippen LogP contribution in [-0.2, 0) is 6.54 Å². The van der Waals surface area contributed by atoms with Crippen molar-refractivity contribution in [2.24, 2.45) is 0 Å². The van der Waals surface area contributed by atoms with Crippen LogP contribution >= 0.6 is 0 Å². The molecule has 0 spiro atoms. The van der Waals surface area contributed by atoms with Gasteiger partial charge >= 0.3 is 0 Å². The molecule has 0 bridgehead atoms. The molecular weight excluding hydrogens is 242 g/mol. The zero-order valence-electron chi connectivity index (χ0n) is 11.0. The minimum atomic E-state index is -0.00623. The Bertz CT molecular complexity index is 552. The largest absolute Gasteiger partial charge is 0.508 e. The molecule has 1 unspecified atom stereocenters. The Morgan fingerprint density at radius 1 is 1.21 bits per heavy atom. The molecule has 1 aromatic carbocycles. The maximum atomic E-state index is 9.46. The molecule has 5 heteroatoms. The summed E-state index contributed by atoms with van der Waals surface area (Å²) in [6, 6.07) is 6.41. The molecule has 0 aliphatic carbocycles. The second-order valence-corrected chi connectivity index (χ2v) is 4.48. The van der Waals surface area contributed by atoms with Crippen LogP contribution in [0.3, 0.4) is 0 Å². The first-order chi connectivity index (χ1) is 9.04. The van der Waals surface area contributed by atoms with E-state index in [1.807, 2.05) is 19.9 Å². The number of nitrogens with zero attached hydrogens (tertiary/aromatic N) is 2. The number of hydrogen-bond acceptors (Lipinski definition) is 5. The van der Waals surface area contributed by atoms with Gasteiger partial charge in [-0.15, -0.1) is 0 Å². The lowest BCUT2D eigenvalue weighted by Gasteiger charge is -2.14. The van der Waals surface area contributed by atoms with E-state index in [9.17, 15) is 10.2 Å². The van der Waals surface area contributed by atoms with E-state index in [1.54, 1.807) is 18.3 Å². The van der Waals surface area contributed by atoms with Crippen LogP contribution in [-0.4, -0.2) is 20.2 Å². The molecule has 0 amide bonds. The molecule has 1 heterocycles. The normalized spacial score (nSPS) is 12.3. The summed E-state index contributed by atoms with van der Waals surface area (Å²) < 4.78 is 0. The summed E-state index contributed by atoms with van der Waals surface area (Å²) in [7, 11) is 0. The van der Waals surface area contributed by atoms with E-state index in [0.717, 1.165) is 17.1 Å². The standard InChI is InChI=1S/C14H17N3O2/c1-9(11-5-13(18)7-14(19)6-11)16-8-12-3-4-15-10(2)17-12/h3-7,9,16,18-19H,8H2,1-2H3. The van der Waals surface area contributed by atoms with Gasteiger partial charge in [-0.2, -0.15) is 0 Å². The number of hydrogen-bond donors (Lipinski definition) is 3. The minimum Gasteiger partial charge on any atom is -0.508 e. The fourth-order valence-electron chi connectivity index (χ4n) is 1.85. The summed E-state index contributed by atoms with van der Waals surface area (Å²) in [5.41, 5.74) is 1.73. The quantitative estimate of drug-likeness (QED) is 0.783. The first kappa shape index (κ1) is 13.3. The Morgan fingerprint density at radius 2 is 1.89 bits per heavy atom. The lowest BCUT2D eigenvalue weighted by molar-refractivity contribution is 0.446. The zero-order valence-corrected chi connectivity index (χ0v) is 11.0. The van der Waals surface area contributed by atoms with Gasteiger partial charge in [-0.25, -0.2) is 9.97 Å². The van der Waals surface area contributed by atoms with Gasteiger partial charge in [0.05, 0.1) is 5.69 Å². The second kappa shape index (κ2) is 5.67. The molecule has 19 heavy (non-hydrogen) atoms. The third-order valence-electron chi connectivity index (χ3n) is 2.85. The summed E-state index contributed by atoms with van der Waals surface area (Å²) >= 11 is 0. The van der Waals surface area contributed by atoms with Gasteiger partial charge in [0.1, 0.15) is 17.3 Å². The van der Waals surface area contributed by atoms with Gasteiger partial charge in [0.2, 0.25) is 0 Å². The van der Waals surface area contributed by atoms with Crippen molar-refractivity contribution in [2.45, 2.75) is 26.4 Å². The van der Waals surface area contributed by atoms with Crippen LogP contribution in [0.4, 0.5) is 0 Å². The van der Waals surface area contributed by atoms with E-state index >= 15 is 0 Å². The molecule has 1 aromatic heterocycles. The van der Waals surface area contributed by atoms with Gasteiger partial charge in [-0.05, 0) is 37.6 Å². The van der Waals surface area contributed by atoms with E-state index in [-0.39, 0.29) is 17.5 Å². The molecule has 2 aromatic rings. The summed E-state index contributed by atoms with van der Waals surface area (Å²) in [6.07, 6.45) is 1.73. The molecule has 3 N–H and O–H groups in total. The monoisotopic (exact) mass is 259 g/mol. The number of aromatic nitrogens is 2. The topological polar surface area (TPSA) is 78.3 Å². The fourth-order valence-corrected chi connectivity index (χ4v) is 1.85. The van der Waals surface area contributed by atoms with E-state index in [4.69, 9.17) is 0 Å². The summed E-state index contributed by atoms with van der Waals surface area (Å²) in [5, 5.41) is 22.2. The van der Waals surface area contributed by atoms with Gasteiger partial charge in [0.25, 0.3) is 0 Å². The first-order valence-electron chi connectivity index (χ1n) is 6.09. The fraction of sp³-hybridized carbons (Fsp3) is 0.286. The molecule has 0 saturated heterocycles. The van der Waals surface area contributed by atoms with Crippen molar-refractivity contribution in [2.75, 3.05) is 0 Å². The highest BCUT2D eigenvalue weighted by atomic mass is 16.3. The number of benzene rings is 1. The van der Waals surface area contributed by atoms with Crippen molar-refractivity contribution in [3.05, 3.63) is 47.5 Å². The maximum Gasteiger partial charge on any atom is 0.125 e. The number of phenols is 2. The number of aryl methyl sites for hydroxylation is 1. The Balaban J connectivity index is 2.03. The van der Waals surface area contributed by atoms with Crippen LogP contribution in [0.5, 0.6) is 11.5 Å². The average molecular weight is 259 g/mol. The van der Waals surface area contributed by atoms with Crippen molar-refractivity contribution in [3.8, 4) is 11.5 Å². The van der Waals surface area contributed by atoms with E-state index in [2.05, 4.69) is 15.3 Å². The summed E-state index contributed by atoms with van der Waals surface area (Å²) in [6.45, 7) is 4.41. The molecule has 0 aliphatic heterocycles. The zero-order chi connectivity index (χ0) is 13.8. The van der Waals surface area contributed by atoms with Crippen LogP contribution in [0.1, 0.15) is 30.0 Å². The SMILES string of the molecule is Cc1nccc(CNC(C)c2cc(O)cc(O)c2)n1. The Hall–Kier alpha value is -2.14. The van der Waals surface area contributed by atoms with Gasteiger partial charge in [0.15, 0.2) is 0 Å². The summed E-state index contributed by atoms with van der Waals surface area (Å²) in [4.78, 5) is 8.34. The van der Waals surface area contributed by atoms with E-state index < -0.39 is 0 Å². The Kier molecular flexibility index (Phi) is 3.97. The molecule has 0 fully saturated rings. The van der Waals surface area contributed by atoms with Crippen molar-refractivity contribution in [1.29, 1.82) is 0 Å². The Labute approximate surface area is 112 Å². The first-order valence-corrected chi connectivity index (χ1v) is 6.09. The highest BCUT2D eigenvalue weighted by Gasteiger charge is 2.08. The molecule has 100 valence electrons. The number of nitrogens with one attached hydrogen (secondary N) is 1. The van der Waals surface area contributed by atoms with Gasteiger partial charge in [-0.3, -0.25) is 0 Å². The van der Waals surface area contributed by atoms with Gasteiger partial charge in [-0.1, -0.05) is 0 Å². The maximum absolute atomic E-state index is 9.46. The third kappa shape index (κ3) is 3.66. The second-order valence-electron chi connectivity index (χ2n) is 4.48. The lowest BCUT2D eigenvalue weighted by atomic mass is 10.1. The van der Waals surface area contributed by atoms with Crippen LogP contribution in [0, 0.1) is 6.92 Å². The molecule has 5 nitrogen and oxygen atoms in total. The smallest absolute Gasteiger partial charge is 0.125 e. The predicted octanol–water partition coefficient (Wildman–Crippen LogP) is 2.05. The van der Waals surface area contributed by atoms with Crippen LogP contribution in [0.2, 0.25) is 0 Å². The highest BCUT2D eigenvalue weighted by molar-refractivity contribution is 5.37. The number of rotatable bonds is 4. The highest BCUT2D eigenvalue weighted by Crippen LogP contribution is 2.24. The number of aromatic hydroxyl groups is 2. The van der Waals surface area contributed by atoms with E-state index in [0.29, 0.717) is 6.54 Å². The number of phenolic OH excluding ortho intramolecular Hbond substituents is 2. The molecule has 0 saturated carbocycles.